The molecule has 0 spiro atoms. The van der Waals surface area contributed by atoms with Crippen molar-refractivity contribution in [3.63, 3.8) is 0 Å². The molecule has 0 aromatic heterocycles. The third-order valence-electron chi connectivity index (χ3n) is 16.7. The second-order valence-electron chi connectivity index (χ2n) is 21.7. The summed E-state index contributed by atoms with van der Waals surface area (Å²) in [5, 5.41) is 0. The molecule has 67 heavy (non-hydrogen) atoms. The second kappa shape index (κ2) is 13.7. The summed E-state index contributed by atoms with van der Waals surface area (Å²) in [4.78, 5) is 2.59. The molecule has 0 atom stereocenters. The lowest BCUT2D eigenvalue weighted by Crippen LogP contribution is -2.18. The molecule has 0 saturated heterocycles. The van der Waals surface area contributed by atoms with Gasteiger partial charge < -0.3 is 4.90 Å². The molecular formula is C66H55N. The summed E-state index contributed by atoms with van der Waals surface area (Å²) in [6.45, 7) is 19.2. The Morgan fingerprint density at radius 3 is 1.13 bits per heavy atom. The molecule has 0 N–H and O–H groups in total. The van der Waals surface area contributed by atoms with Crippen LogP contribution in [0.15, 0.2) is 188 Å². The summed E-state index contributed by atoms with van der Waals surface area (Å²) in [5.74, 6) is 0. The first-order valence-electron chi connectivity index (χ1n) is 24.2. The lowest BCUT2D eigenvalue weighted by atomic mass is 9.80. The maximum absolute atomic E-state index is 2.59. The van der Waals surface area contributed by atoms with Crippen LogP contribution in [-0.4, -0.2) is 0 Å². The van der Waals surface area contributed by atoms with Crippen LogP contribution < -0.4 is 4.90 Å². The van der Waals surface area contributed by atoms with E-state index in [-0.39, 0.29) is 21.7 Å². The predicted octanol–water partition coefficient (Wildman–Crippen LogP) is 17.7. The molecule has 0 heterocycles. The first kappa shape index (κ1) is 40.1. The Kier molecular flexibility index (Phi) is 8.18. The fourth-order valence-corrected chi connectivity index (χ4v) is 13.2. The van der Waals surface area contributed by atoms with Crippen molar-refractivity contribution < 1.29 is 0 Å². The summed E-state index contributed by atoms with van der Waals surface area (Å²) >= 11 is 0. The minimum absolute atomic E-state index is 0.133. The van der Waals surface area contributed by atoms with Gasteiger partial charge in [-0.2, -0.15) is 0 Å². The van der Waals surface area contributed by atoms with Crippen molar-refractivity contribution in [1.29, 1.82) is 0 Å². The lowest BCUT2D eigenvalue weighted by Gasteiger charge is -2.32. The standard InChI is InChI=1S/C66H55N/c1-63(2)55-28-16-12-22-50(55)61-51(24-17-29-56(61)63)62-43(40-31-34-47-44-19-9-13-25-52(44)64(3,4)57(47)37-40)23-18-30-60(62)67(41-32-35-48-45-20-10-14-26-53(45)65(5,6)58(48)38-41)42-33-36-49-46-21-11-15-27-54(46)66(7,8)59(49)39-42/h9-39H,1-8H3. The van der Waals surface area contributed by atoms with Gasteiger partial charge in [0, 0.05) is 38.6 Å². The molecule has 1 heteroatoms. The summed E-state index contributed by atoms with van der Waals surface area (Å²) in [6.07, 6.45) is 0. The maximum Gasteiger partial charge on any atom is 0.0546 e. The van der Waals surface area contributed by atoms with Gasteiger partial charge in [-0.05, 0) is 142 Å². The van der Waals surface area contributed by atoms with E-state index in [0.717, 1.165) is 17.1 Å². The molecule has 1 nitrogen and oxygen atoms in total. The molecule has 4 aliphatic rings. The molecule has 13 rings (SSSR count). The average Bonchev–Trinajstić information content (AvgIpc) is 3.92. The van der Waals surface area contributed by atoms with Crippen molar-refractivity contribution in [3.8, 4) is 66.8 Å². The largest absolute Gasteiger partial charge is 0.310 e. The lowest BCUT2D eigenvalue weighted by molar-refractivity contribution is 0.660. The summed E-state index contributed by atoms with van der Waals surface area (Å²) in [5.41, 5.74) is 29.5. The van der Waals surface area contributed by atoms with Gasteiger partial charge in [0.1, 0.15) is 0 Å². The number of anilines is 3. The van der Waals surface area contributed by atoms with Crippen molar-refractivity contribution in [1.82, 2.24) is 0 Å². The van der Waals surface area contributed by atoms with Crippen molar-refractivity contribution in [3.05, 3.63) is 233 Å². The molecule has 0 amide bonds. The molecule has 9 aromatic carbocycles. The Labute approximate surface area is 396 Å². The van der Waals surface area contributed by atoms with Gasteiger partial charge in [-0.25, -0.2) is 0 Å². The molecular weight excluding hydrogens is 807 g/mol. The average molecular weight is 862 g/mol. The van der Waals surface area contributed by atoms with Crippen LogP contribution in [0.25, 0.3) is 66.8 Å². The highest BCUT2D eigenvalue weighted by molar-refractivity contribution is 6.04. The van der Waals surface area contributed by atoms with E-state index in [9.17, 15) is 0 Å². The molecule has 0 unspecified atom stereocenters. The van der Waals surface area contributed by atoms with E-state index in [2.05, 4.69) is 248 Å². The molecule has 4 aliphatic carbocycles. The maximum atomic E-state index is 2.59. The SMILES string of the molecule is CC1(C)c2ccccc2-c2ccc(-c3cccc(N(c4ccc5c(c4)C(C)(C)c4ccccc4-5)c4ccc5c(c4)C(C)(C)c4ccccc4-5)c3-c3cccc4c3-c3ccccc3C4(C)C)cc21. The normalized spacial score (nSPS) is 16.2. The van der Waals surface area contributed by atoms with Gasteiger partial charge in [0.15, 0.2) is 0 Å². The molecule has 0 radical (unpaired) electrons. The molecule has 9 aromatic rings. The van der Waals surface area contributed by atoms with Crippen molar-refractivity contribution in [2.24, 2.45) is 0 Å². The number of fused-ring (bicyclic) bond motifs is 12. The summed E-state index contributed by atoms with van der Waals surface area (Å²) in [6, 6.07) is 72.1. The van der Waals surface area contributed by atoms with Gasteiger partial charge in [-0.1, -0.05) is 207 Å². The van der Waals surface area contributed by atoms with Gasteiger partial charge in [-0.15, -0.1) is 0 Å². The third kappa shape index (κ3) is 5.37. The Hall–Kier alpha value is -7.22. The molecule has 0 saturated carbocycles. The van der Waals surface area contributed by atoms with Crippen LogP contribution in [0.5, 0.6) is 0 Å². The minimum atomic E-state index is -0.163. The Bertz CT molecular complexity index is 3480. The first-order chi connectivity index (χ1) is 32.3. The van der Waals surface area contributed by atoms with Gasteiger partial charge in [0.2, 0.25) is 0 Å². The highest BCUT2D eigenvalue weighted by atomic mass is 15.1. The first-order valence-corrected chi connectivity index (χ1v) is 24.2. The van der Waals surface area contributed by atoms with Crippen LogP contribution in [0.1, 0.15) is 99.9 Å². The highest BCUT2D eigenvalue weighted by Gasteiger charge is 2.41. The van der Waals surface area contributed by atoms with Gasteiger partial charge in [0.25, 0.3) is 0 Å². The van der Waals surface area contributed by atoms with Crippen LogP contribution in [0.4, 0.5) is 17.1 Å². The quantitative estimate of drug-likeness (QED) is 0.167. The fourth-order valence-electron chi connectivity index (χ4n) is 13.2. The highest BCUT2D eigenvalue weighted by Crippen LogP contribution is 2.59. The van der Waals surface area contributed by atoms with E-state index < -0.39 is 0 Å². The van der Waals surface area contributed by atoms with Crippen molar-refractivity contribution in [2.45, 2.75) is 77.0 Å². The molecule has 324 valence electrons. The van der Waals surface area contributed by atoms with Crippen LogP contribution in [-0.2, 0) is 21.7 Å². The number of hydrogen-bond acceptors (Lipinski definition) is 1. The Morgan fingerprint density at radius 1 is 0.254 bits per heavy atom. The topological polar surface area (TPSA) is 3.24 Å². The monoisotopic (exact) mass is 861 g/mol. The fraction of sp³-hybridized carbons (Fsp3) is 0.182. The van der Waals surface area contributed by atoms with Crippen molar-refractivity contribution >= 4 is 17.1 Å². The van der Waals surface area contributed by atoms with Crippen molar-refractivity contribution in [2.75, 3.05) is 4.90 Å². The zero-order valence-corrected chi connectivity index (χ0v) is 39.8. The van der Waals surface area contributed by atoms with Crippen LogP contribution in [0.2, 0.25) is 0 Å². The third-order valence-corrected chi connectivity index (χ3v) is 16.7. The number of benzene rings is 9. The summed E-state index contributed by atoms with van der Waals surface area (Å²) in [7, 11) is 0. The van der Waals surface area contributed by atoms with E-state index in [1.54, 1.807) is 0 Å². The minimum Gasteiger partial charge on any atom is -0.310 e. The second-order valence-corrected chi connectivity index (χ2v) is 21.7. The zero-order chi connectivity index (χ0) is 45.8. The zero-order valence-electron chi connectivity index (χ0n) is 39.8. The van der Waals surface area contributed by atoms with Crippen LogP contribution >= 0.6 is 0 Å². The molecule has 0 bridgehead atoms. The molecule has 0 fully saturated rings. The van der Waals surface area contributed by atoms with Gasteiger partial charge in [0.05, 0.1) is 5.69 Å². The van der Waals surface area contributed by atoms with E-state index in [1.807, 2.05) is 0 Å². The van der Waals surface area contributed by atoms with E-state index in [1.165, 1.54) is 111 Å². The number of rotatable bonds is 5. The van der Waals surface area contributed by atoms with Crippen LogP contribution in [0, 0.1) is 0 Å². The van der Waals surface area contributed by atoms with E-state index in [4.69, 9.17) is 0 Å². The van der Waals surface area contributed by atoms with Crippen LogP contribution in [0.3, 0.4) is 0 Å². The molecule has 0 aliphatic heterocycles. The smallest absolute Gasteiger partial charge is 0.0546 e. The number of nitrogens with zero attached hydrogens (tertiary/aromatic N) is 1. The van der Waals surface area contributed by atoms with E-state index in [0.29, 0.717) is 0 Å². The van der Waals surface area contributed by atoms with E-state index >= 15 is 0 Å². The van der Waals surface area contributed by atoms with Gasteiger partial charge in [-0.3, -0.25) is 0 Å². The van der Waals surface area contributed by atoms with Gasteiger partial charge >= 0.3 is 0 Å². The summed E-state index contributed by atoms with van der Waals surface area (Å²) < 4.78 is 0. The Morgan fingerprint density at radius 2 is 0.612 bits per heavy atom. The number of hydrogen-bond donors (Lipinski definition) is 0. The Balaban J connectivity index is 1.12. The predicted molar refractivity (Wildman–Crippen MR) is 282 cm³/mol.